The molecule has 3 rings (SSSR count). The highest BCUT2D eigenvalue weighted by Gasteiger charge is 2.23. The van der Waals surface area contributed by atoms with E-state index in [-0.39, 0.29) is 22.8 Å². The minimum Gasteiger partial charge on any atom is -0.497 e. The number of carbonyl (C=O) groups is 1. The second-order valence-corrected chi connectivity index (χ2v) is 6.51. The maximum Gasteiger partial charge on any atom is 0.339 e. The van der Waals surface area contributed by atoms with Gasteiger partial charge < -0.3 is 14.5 Å². The smallest absolute Gasteiger partial charge is 0.339 e. The number of aromatic amines is 1. The van der Waals surface area contributed by atoms with Crippen LogP contribution < -0.4 is 10.3 Å². The number of hydrogen-bond acceptors (Lipinski definition) is 4. The molecule has 0 amide bonds. The molecule has 0 aliphatic carbocycles. The summed E-state index contributed by atoms with van der Waals surface area (Å²) in [6.07, 6.45) is -0.320. The largest absolute Gasteiger partial charge is 0.497 e. The number of hydrogen-bond donors (Lipinski definition) is 1. The van der Waals surface area contributed by atoms with Crippen LogP contribution in [0.3, 0.4) is 0 Å². The molecule has 26 heavy (non-hydrogen) atoms. The molecule has 0 radical (unpaired) electrons. The van der Waals surface area contributed by atoms with E-state index in [1.165, 1.54) is 0 Å². The molecule has 1 aromatic heterocycles. The van der Waals surface area contributed by atoms with Gasteiger partial charge in [0.1, 0.15) is 5.75 Å². The molecule has 0 aliphatic heterocycles. The molecule has 0 fully saturated rings. The fourth-order valence-corrected chi connectivity index (χ4v) is 2.96. The predicted octanol–water partition coefficient (Wildman–Crippen LogP) is 4.42. The molecule has 0 aliphatic rings. The first-order valence-corrected chi connectivity index (χ1v) is 8.49. The van der Waals surface area contributed by atoms with Gasteiger partial charge in [0, 0.05) is 15.9 Å². The molecule has 0 spiro atoms. The Morgan fingerprint density at radius 3 is 2.42 bits per heavy atom. The summed E-state index contributed by atoms with van der Waals surface area (Å²) in [6.45, 7) is 3.51. The van der Waals surface area contributed by atoms with Gasteiger partial charge in [-0.2, -0.15) is 0 Å². The summed E-state index contributed by atoms with van der Waals surface area (Å²) in [5.41, 5.74) is 1.18. The van der Waals surface area contributed by atoms with Crippen LogP contribution in [0.25, 0.3) is 22.0 Å². The monoisotopic (exact) mass is 371 g/mol. The first-order chi connectivity index (χ1) is 12.4. The first-order valence-electron chi connectivity index (χ1n) is 8.11. The molecule has 6 heteroatoms. The van der Waals surface area contributed by atoms with Crippen molar-refractivity contribution in [1.29, 1.82) is 0 Å². The van der Waals surface area contributed by atoms with Gasteiger partial charge >= 0.3 is 5.97 Å². The number of pyridine rings is 1. The van der Waals surface area contributed by atoms with E-state index < -0.39 is 5.97 Å². The van der Waals surface area contributed by atoms with Gasteiger partial charge in [-0.1, -0.05) is 23.7 Å². The predicted molar refractivity (Wildman–Crippen MR) is 102 cm³/mol. The summed E-state index contributed by atoms with van der Waals surface area (Å²) < 4.78 is 10.5. The van der Waals surface area contributed by atoms with Gasteiger partial charge in [-0.3, -0.25) is 4.79 Å². The minimum absolute atomic E-state index is 0.199. The number of methoxy groups -OCH3 is 1. The van der Waals surface area contributed by atoms with E-state index in [1.54, 1.807) is 63.4 Å². The van der Waals surface area contributed by atoms with Crippen LogP contribution in [-0.4, -0.2) is 24.2 Å². The van der Waals surface area contributed by atoms with Crippen LogP contribution in [0.4, 0.5) is 0 Å². The van der Waals surface area contributed by atoms with E-state index in [0.717, 1.165) is 0 Å². The van der Waals surface area contributed by atoms with Crippen LogP contribution in [-0.2, 0) is 4.74 Å². The van der Waals surface area contributed by atoms with E-state index in [0.29, 0.717) is 27.2 Å². The number of ether oxygens (including phenoxy) is 2. The molecule has 3 aromatic rings. The van der Waals surface area contributed by atoms with Crippen molar-refractivity contribution >= 4 is 28.5 Å². The zero-order valence-corrected chi connectivity index (χ0v) is 15.4. The number of halogens is 1. The zero-order chi connectivity index (χ0) is 18.8. The molecule has 0 saturated heterocycles. The molecule has 0 saturated carbocycles. The lowest BCUT2D eigenvalue weighted by molar-refractivity contribution is 0.0381. The second-order valence-electron chi connectivity index (χ2n) is 6.08. The minimum atomic E-state index is -0.566. The number of H-pyrrole nitrogens is 1. The third kappa shape index (κ3) is 3.44. The first kappa shape index (κ1) is 18.0. The summed E-state index contributed by atoms with van der Waals surface area (Å²) in [7, 11) is 1.56. The molecule has 2 aromatic carbocycles. The van der Waals surface area contributed by atoms with Crippen molar-refractivity contribution in [3.05, 3.63) is 63.4 Å². The number of rotatable bonds is 4. The van der Waals surface area contributed by atoms with Crippen LogP contribution in [0.1, 0.15) is 24.2 Å². The van der Waals surface area contributed by atoms with Crippen molar-refractivity contribution in [1.82, 2.24) is 4.98 Å². The van der Waals surface area contributed by atoms with Gasteiger partial charge in [-0.25, -0.2) is 4.79 Å². The van der Waals surface area contributed by atoms with Crippen LogP contribution >= 0.6 is 11.6 Å². The number of fused-ring (bicyclic) bond motifs is 1. The quantitative estimate of drug-likeness (QED) is 0.689. The van der Waals surface area contributed by atoms with Crippen molar-refractivity contribution in [2.75, 3.05) is 7.11 Å². The average molecular weight is 372 g/mol. The number of aromatic nitrogens is 1. The molecular formula is C20H18ClNO4. The van der Waals surface area contributed by atoms with Crippen molar-refractivity contribution in [2.24, 2.45) is 0 Å². The molecule has 0 unspecified atom stereocenters. The van der Waals surface area contributed by atoms with Crippen LogP contribution in [0, 0.1) is 0 Å². The third-order valence-electron chi connectivity index (χ3n) is 3.90. The average Bonchev–Trinajstić information content (AvgIpc) is 2.60. The van der Waals surface area contributed by atoms with Crippen molar-refractivity contribution in [3.8, 4) is 16.9 Å². The SMILES string of the molecule is COc1ccc(-c2c(C(=O)OC(C)C)c3cc(Cl)ccc3[nH]c2=O)cc1. The Labute approximate surface area is 155 Å². The lowest BCUT2D eigenvalue weighted by Crippen LogP contribution is -2.19. The van der Waals surface area contributed by atoms with Gasteiger partial charge in [-0.15, -0.1) is 0 Å². The Bertz CT molecular complexity index is 1020. The fourth-order valence-electron chi connectivity index (χ4n) is 2.78. The van der Waals surface area contributed by atoms with Crippen molar-refractivity contribution in [3.63, 3.8) is 0 Å². The molecule has 134 valence electrons. The van der Waals surface area contributed by atoms with Gasteiger partial charge in [0.05, 0.1) is 24.3 Å². The number of benzene rings is 2. The molecular weight excluding hydrogens is 354 g/mol. The van der Waals surface area contributed by atoms with Crippen molar-refractivity contribution < 1.29 is 14.3 Å². The molecule has 1 N–H and O–H groups in total. The van der Waals surface area contributed by atoms with E-state index >= 15 is 0 Å². The summed E-state index contributed by atoms with van der Waals surface area (Å²) in [6, 6.07) is 11.9. The Hall–Kier alpha value is -2.79. The summed E-state index contributed by atoms with van der Waals surface area (Å²) in [5.74, 6) is 0.0875. The van der Waals surface area contributed by atoms with E-state index in [1.807, 2.05) is 0 Å². The molecule has 0 bridgehead atoms. The highest BCUT2D eigenvalue weighted by atomic mass is 35.5. The van der Waals surface area contributed by atoms with Gasteiger partial charge in [-0.05, 0) is 49.7 Å². The maximum atomic E-state index is 12.8. The van der Waals surface area contributed by atoms with Crippen LogP contribution in [0.2, 0.25) is 5.02 Å². The Morgan fingerprint density at radius 1 is 1.12 bits per heavy atom. The van der Waals surface area contributed by atoms with Gasteiger partial charge in [0.15, 0.2) is 0 Å². The summed E-state index contributed by atoms with van der Waals surface area (Å²) in [4.78, 5) is 28.4. The second kappa shape index (κ2) is 7.22. The van der Waals surface area contributed by atoms with Crippen molar-refractivity contribution in [2.45, 2.75) is 20.0 Å². The highest BCUT2D eigenvalue weighted by molar-refractivity contribution is 6.31. The Balaban J connectivity index is 2.34. The van der Waals surface area contributed by atoms with E-state index in [9.17, 15) is 9.59 Å². The summed E-state index contributed by atoms with van der Waals surface area (Å²) in [5, 5.41) is 0.998. The highest BCUT2D eigenvalue weighted by Crippen LogP contribution is 2.30. The molecule has 1 heterocycles. The lowest BCUT2D eigenvalue weighted by atomic mass is 9.97. The molecule has 0 atom stereocenters. The Kier molecular flexibility index (Phi) is 5.00. The fraction of sp³-hybridized carbons (Fsp3) is 0.200. The Morgan fingerprint density at radius 2 is 1.81 bits per heavy atom. The number of carbonyl (C=O) groups excluding carboxylic acids is 1. The third-order valence-corrected chi connectivity index (χ3v) is 4.14. The van der Waals surface area contributed by atoms with E-state index in [2.05, 4.69) is 4.98 Å². The number of esters is 1. The number of nitrogens with one attached hydrogen (secondary N) is 1. The topological polar surface area (TPSA) is 68.4 Å². The van der Waals surface area contributed by atoms with E-state index in [4.69, 9.17) is 21.1 Å². The summed E-state index contributed by atoms with van der Waals surface area (Å²) >= 11 is 6.12. The van der Waals surface area contributed by atoms with Gasteiger partial charge in [0.25, 0.3) is 5.56 Å². The molecule has 5 nitrogen and oxygen atoms in total. The maximum absolute atomic E-state index is 12.8. The normalized spacial score (nSPS) is 11.0. The standard InChI is InChI=1S/C20H18ClNO4/c1-11(2)26-20(24)18-15-10-13(21)6-9-16(15)22-19(23)17(18)12-4-7-14(25-3)8-5-12/h4-11H,1-3H3,(H,22,23). The van der Waals surface area contributed by atoms with Crippen LogP contribution in [0.5, 0.6) is 5.75 Å². The zero-order valence-electron chi connectivity index (χ0n) is 14.6. The lowest BCUT2D eigenvalue weighted by Gasteiger charge is -2.14. The van der Waals surface area contributed by atoms with Crippen LogP contribution in [0.15, 0.2) is 47.3 Å². The van der Waals surface area contributed by atoms with Gasteiger partial charge in [0.2, 0.25) is 0 Å².